The lowest BCUT2D eigenvalue weighted by molar-refractivity contribution is -0.144. The molecule has 3 heterocycles. The normalized spacial score (nSPS) is 12.8. The number of hydrogen-bond acceptors (Lipinski definition) is 12. The van der Waals surface area contributed by atoms with Crippen LogP contribution < -0.4 is 30.3 Å². The lowest BCUT2D eigenvalue weighted by atomic mass is 9.86. The summed E-state index contributed by atoms with van der Waals surface area (Å²) < 4.78 is 49.7. The Bertz CT molecular complexity index is 2430. The molecule has 2 amide bonds. The molecule has 0 saturated carbocycles. The van der Waals surface area contributed by atoms with E-state index in [-0.39, 0.29) is 28.6 Å². The van der Waals surface area contributed by atoms with Crippen molar-refractivity contribution in [1.82, 2.24) is 20.6 Å². The summed E-state index contributed by atoms with van der Waals surface area (Å²) in [5, 5.41) is 18.4. The molecule has 0 radical (unpaired) electrons. The zero-order valence-electron chi connectivity index (χ0n) is 31.4. The van der Waals surface area contributed by atoms with Crippen LogP contribution in [0.5, 0.6) is 17.4 Å². The highest BCUT2D eigenvalue weighted by atomic mass is 32.2. The molecule has 1 aliphatic rings. The van der Waals surface area contributed by atoms with Crippen molar-refractivity contribution in [2.45, 2.75) is 44.2 Å². The molecule has 0 saturated heterocycles. The van der Waals surface area contributed by atoms with Crippen LogP contribution in [0.3, 0.4) is 0 Å². The fraction of sp³-hybridized carbons (Fsp3) is 0.220. The highest BCUT2D eigenvalue weighted by molar-refractivity contribution is 7.86. The van der Waals surface area contributed by atoms with Crippen LogP contribution in [0.4, 0.5) is 5.82 Å². The third-order valence-corrected chi connectivity index (χ3v) is 9.97. The van der Waals surface area contributed by atoms with Crippen LogP contribution >= 0.6 is 0 Å². The first kappa shape index (κ1) is 40.8. The second-order valence-corrected chi connectivity index (χ2v) is 15.1. The number of nitrogens with one attached hydrogen (secondary N) is 3. The Labute approximate surface area is 334 Å². The minimum absolute atomic E-state index is 0.00202. The van der Waals surface area contributed by atoms with E-state index >= 15 is 0 Å². The van der Waals surface area contributed by atoms with Gasteiger partial charge in [0.05, 0.1) is 24.1 Å². The molecule has 2 aromatic heterocycles. The number of benzene rings is 3. The minimum Gasteiger partial charge on any atom is -0.478 e. The Morgan fingerprint density at radius 1 is 0.897 bits per heavy atom. The number of carbonyl (C=O) groups is 3. The predicted octanol–water partition coefficient (Wildman–Crippen LogP) is 5.76. The predicted molar refractivity (Wildman–Crippen MR) is 213 cm³/mol. The summed E-state index contributed by atoms with van der Waals surface area (Å²) in [6.07, 6.45) is 2.15. The topological polar surface area (TPSA) is 228 Å². The average molecular weight is 809 g/mol. The SMILES string of the molecule is CC(C)(CCCCOc1cc(-c2ccc3c(c2)OCO3)cc(-c2ccccc2)n1)C(=O)NC(NC(=O)c1ccc(NN=Cc2ccccc2S(=O)(=O)O)nc1)C(=O)O. The molecule has 0 bridgehead atoms. The molecule has 0 aliphatic carbocycles. The fourth-order valence-electron chi connectivity index (χ4n) is 5.82. The minimum atomic E-state index is -4.47. The summed E-state index contributed by atoms with van der Waals surface area (Å²) >= 11 is 0. The quantitative estimate of drug-likeness (QED) is 0.0248. The van der Waals surface area contributed by atoms with E-state index in [2.05, 4.69) is 26.1 Å². The Morgan fingerprint density at radius 2 is 1.66 bits per heavy atom. The van der Waals surface area contributed by atoms with Crippen LogP contribution in [-0.4, -0.2) is 71.6 Å². The van der Waals surface area contributed by atoms with E-state index in [1.165, 1.54) is 36.5 Å². The highest BCUT2D eigenvalue weighted by Gasteiger charge is 2.32. The lowest BCUT2D eigenvalue weighted by Gasteiger charge is -2.26. The summed E-state index contributed by atoms with van der Waals surface area (Å²) in [5.74, 6) is -0.896. The number of fused-ring (bicyclic) bond motifs is 1. The van der Waals surface area contributed by atoms with Gasteiger partial charge in [-0.25, -0.2) is 14.8 Å². The molecule has 1 atom stereocenters. The van der Waals surface area contributed by atoms with E-state index in [9.17, 15) is 32.5 Å². The van der Waals surface area contributed by atoms with Gasteiger partial charge in [-0.05, 0) is 66.8 Å². The largest absolute Gasteiger partial charge is 0.478 e. The monoisotopic (exact) mass is 808 g/mol. The maximum atomic E-state index is 13.3. The van der Waals surface area contributed by atoms with Gasteiger partial charge in [-0.1, -0.05) is 68.4 Å². The van der Waals surface area contributed by atoms with Gasteiger partial charge in [-0.2, -0.15) is 13.5 Å². The number of anilines is 1. The molecule has 3 aromatic carbocycles. The van der Waals surface area contributed by atoms with Crippen LogP contribution in [-0.2, 0) is 19.7 Å². The number of aliphatic carboxylic acids is 1. The van der Waals surface area contributed by atoms with Crippen molar-refractivity contribution < 1.29 is 46.7 Å². The van der Waals surface area contributed by atoms with E-state index in [0.717, 1.165) is 28.6 Å². The standard InChI is InChI=1S/C41H40N6O10S/c1-41(2,18-8-9-19-55-36-22-30(20-31(44-36)26-10-4-3-5-11-26)27-14-16-32-33(21-27)57-25-56-32)40(51)46-37(39(49)50)45-38(48)29-15-17-35(42-23-29)47-43-24-28-12-6-7-13-34(28)58(52,53)54/h3-7,10-17,20-24,37H,8-9,18-19,25H2,1-2H3,(H,42,47)(H,45,48)(H,46,51)(H,49,50)(H,52,53,54). The van der Waals surface area contributed by atoms with Crippen molar-refractivity contribution in [1.29, 1.82) is 0 Å². The van der Waals surface area contributed by atoms with Crippen molar-refractivity contribution in [3.8, 4) is 39.8 Å². The van der Waals surface area contributed by atoms with E-state index < -0.39 is 39.5 Å². The van der Waals surface area contributed by atoms with Gasteiger partial charge < -0.3 is 30.0 Å². The number of aromatic nitrogens is 2. The fourth-order valence-corrected chi connectivity index (χ4v) is 6.49. The number of carbonyl (C=O) groups excluding carboxylic acids is 2. The first-order chi connectivity index (χ1) is 27.8. The Hall–Kier alpha value is -6.85. The molecule has 16 nitrogen and oxygen atoms in total. The van der Waals surface area contributed by atoms with E-state index in [0.29, 0.717) is 43.2 Å². The number of hydrazone groups is 1. The van der Waals surface area contributed by atoms with Gasteiger partial charge in [0, 0.05) is 28.8 Å². The summed E-state index contributed by atoms with van der Waals surface area (Å²) in [4.78, 5) is 46.7. The van der Waals surface area contributed by atoms with Crippen molar-refractivity contribution in [2.24, 2.45) is 10.5 Å². The first-order valence-electron chi connectivity index (χ1n) is 18.0. The molecule has 0 spiro atoms. The Kier molecular flexibility index (Phi) is 12.6. The smallest absolute Gasteiger partial charge is 0.347 e. The zero-order valence-corrected chi connectivity index (χ0v) is 32.2. The number of rotatable bonds is 17. The van der Waals surface area contributed by atoms with Crippen molar-refractivity contribution in [2.75, 3.05) is 18.8 Å². The van der Waals surface area contributed by atoms with Crippen molar-refractivity contribution in [3.63, 3.8) is 0 Å². The number of carboxylic acid groups (broad SMARTS) is 1. The number of hydrogen-bond donors (Lipinski definition) is 5. The van der Waals surface area contributed by atoms with Gasteiger partial charge in [-0.3, -0.25) is 19.6 Å². The highest BCUT2D eigenvalue weighted by Crippen LogP contribution is 2.37. The summed E-state index contributed by atoms with van der Waals surface area (Å²) in [6, 6.07) is 27.7. The van der Waals surface area contributed by atoms with Crippen LogP contribution in [0, 0.1) is 5.41 Å². The number of carboxylic acids is 1. The third-order valence-electron chi connectivity index (χ3n) is 9.04. The molecule has 5 N–H and O–H groups in total. The Morgan fingerprint density at radius 3 is 2.40 bits per heavy atom. The van der Waals surface area contributed by atoms with Crippen molar-refractivity contribution >= 4 is 39.9 Å². The van der Waals surface area contributed by atoms with Crippen LogP contribution in [0.25, 0.3) is 22.4 Å². The van der Waals surface area contributed by atoms with E-state index in [1.54, 1.807) is 19.9 Å². The van der Waals surface area contributed by atoms with E-state index in [4.69, 9.17) is 19.2 Å². The number of ether oxygens (including phenoxy) is 3. The molecular weight excluding hydrogens is 769 g/mol. The van der Waals surface area contributed by atoms with Crippen molar-refractivity contribution in [3.05, 3.63) is 114 Å². The van der Waals surface area contributed by atoms with Gasteiger partial charge in [-0.15, -0.1) is 0 Å². The molecule has 58 heavy (non-hydrogen) atoms. The van der Waals surface area contributed by atoms with Crippen LogP contribution in [0.15, 0.2) is 113 Å². The second kappa shape index (κ2) is 18.0. The van der Waals surface area contributed by atoms with Gasteiger partial charge in [0.25, 0.3) is 16.0 Å². The summed E-state index contributed by atoms with van der Waals surface area (Å²) in [7, 11) is -4.47. The number of pyridine rings is 2. The van der Waals surface area contributed by atoms with Gasteiger partial charge in [0.2, 0.25) is 24.7 Å². The average Bonchev–Trinajstić information content (AvgIpc) is 3.69. The molecule has 300 valence electrons. The summed E-state index contributed by atoms with van der Waals surface area (Å²) in [5.41, 5.74) is 5.16. The number of amides is 2. The van der Waals surface area contributed by atoms with Gasteiger partial charge >= 0.3 is 5.97 Å². The maximum Gasteiger partial charge on any atom is 0.347 e. The lowest BCUT2D eigenvalue weighted by Crippen LogP contribution is -2.55. The Balaban J connectivity index is 0.998. The van der Waals surface area contributed by atoms with Gasteiger partial charge in [0.1, 0.15) is 10.7 Å². The molecule has 1 unspecified atom stereocenters. The molecule has 5 aromatic rings. The number of unbranched alkanes of at least 4 members (excludes halogenated alkanes) is 1. The summed E-state index contributed by atoms with van der Waals surface area (Å²) in [6.45, 7) is 3.86. The van der Waals surface area contributed by atoms with Crippen LogP contribution in [0.1, 0.15) is 49.0 Å². The molecular formula is C41H40N6O10S. The molecule has 6 rings (SSSR count). The van der Waals surface area contributed by atoms with E-state index in [1.807, 2.05) is 60.7 Å². The molecule has 17 heteroatoms. The zero-order chi connectivity index (χ0) is 41.3. The van der Waals surface area contributed by atoms with Crippen LogP contribution in [0.2, 0.25) is 0 Å². The maximum absolute atomic E-state index is 13.3. The molecule has 1 aliphatic heterocycles. The van der Waals surface area contributed by atoms with Gasteiger partial charge in [0.15, 0.2) is 11.5 Å². The second-order valence-electron chi connectivity index (χ2n) is 13.7. The number of nitrogens with zero attached hydrogens (tertiary/aromatic N) is 3. The third kappa shape index (κ3) is 10.5. The molecule has 0 fully saturated rings. The first-order valence-corrected chi connectivity index (χ1v) is 19.5.